The molecule has 3 saturated heterocycles. The molecule has 2 unspecified atom stereocenters. The molecule has 1 aromatic heterocycles. The second-order valence-electron chi connectivity index (χ2n) is 12.6. The molecule has 8 nitrogen and oxygen atoms in total. The molecule has 3 aliphatic heterocycles. The van der Waals surface area contributed by atoms with Crippen molar-refractivity contribution in [1.82, 2.24) is 25.0 Å². The molecule has 4 heterocycles. The molecule has 1 N–H and O–H groups in total. The Balaban J connectivity index is 1.09. The van der Waals surface area contributed by atoms with Crippen LogP contribution in [0.15, 0.2) is 73.1 Å². The predicted octanol–water partition coefficient (Wildman–Crippen LogP) is 4.17. The number of nitrogens with one attached hydrogen (secondary N) is 1. The van der Waals surface area contributed by atoms with Crippen LogP contribution >= 0.6 is 0 Å². The van der Waals surface area contributed by atoms with E-state index >= 15 is 0 Å². The van der Waals surface area contributed by atoms with E-state index in [1.54, 1.807) is 24.3 Å². The second kappa shape index (κ2) is 12.3. The quantitative estimate of drug-likeness (QED) is 0.433. The monoisotopic (exact) mass is 579 g/mol. The Morgan fingerprint density at radius 2 is 1.63 bits per heavy atom. The number of hydrogen-bond donors (Lipinski definition) is 1. The van der Waals surface area contributed by atoms with Crippen LogP contribution in [-0.4, -0.2) is 77.2 Å². The van der Waals surface area contributed by atoms with E-state index in [2.05, 4.69) is 27.3 Å². The maximum atomic E-state index is 13.8. The van der Waals surface area contributed by atoms with Gasteiger partial charge in [-0.2, -0.15) is 0 Å². The van der Waals surface area contributed by atoms with Crippen LogP contribution in [0, 0.1) is 31.6 Å². The Bertz CT molecular complexity index is 1450. The first-order valence-electron chi connectivity index (χ1n) is 15.4. The van der Waals surface area contributed by atoms with Gasteiger partial charge in [-0.05, 0) is 60.4 Å². The van der Waals surface area contributed by atoms with Gasteiger partial charge < -0.3 is 20.0 Å². The van der Waals surface area contributed by atoms with Gasteiger partial charge in [0.2, 0.25) is 11.8 Å². The Hall–Kier alpha value is -4.04. The van der Waals surface area contributed by atoms with E-state index in [-0.39, 0.29) is 36.2 Å². The van der Waals surface area contributed by atoms with E-state index in [0.29, 0.717) is 11.8 Å². The Labute approximate surface area is 254 Å². The van der Waals surface area contributed by atoms with E-state index in [0.717, 1.165) is 67.0 Å². The maximum Gasteiger partial charge on any atom is 0.254 e. The second-order valence-corrected chi connectivity index (χ2v) is 12.6. The first-order valence-corrected chi connectivity index (χ1v) is 15.4. The average molecular weight is 580 g/mol. The molecule has 0 saturated carbocycles. The summed E-state index contributed by atoms with van der Waals surface area (Å²) in [6, 6.07) is 19.4. The number of hydrogen-bond acceptors (Lipinski definition) is 5. The number of nitrogens with zero attached hydrogens (tertiary/aromatic N) is 4. The highest BCUT2D eigenvalue weighted by atomic mass is 16.2. The van der Waals surface area contributed by atoms with Gasteiger partial charge in [0, 0.05) is 64.1 Å². The molecule has 3 aromatic rings. The number of amides is 3. The van der Waals surface area contributed by atoms with Crippen LogP contribution in [0.3, 0.4) is 0 Å². The number of aromatic nitrogens is 1. The van der Waals surface area contributed by atoms with Crippen LogP contribution in [0.25, 0.3) is 0 Å². The predicted molar refractivity (Wildman–Crippen MR) is 165 cm³/mol. The summed E-state index contributed by atoms with van der Waals surface area (Å²) in [5.41, 5.74) is 4.87. The summed E-state index contributed by atoms with van der Waals surface area (Å²) in [7, 11) is 1.77. The van der Waals surface area contributed by atoms with E-state index in [1.807, 2.05) is 67.3 Å². The molecule has 0 bridgehead atoms. The summed E-state index contributed by atoms with van der Waals surface area (Å²) in [4.78, 5) is 50.3. The summed E-state index contributed by atoms with van der Waals surface area (Å²) in [5.74, 6) is 0.499. The minimum Gasteiger partial charge on any atom is -0.349 e. The smallest absolute Gasteiger partial charge is 0.254 e. The van der Waals surface area contributed by atoms with E-state index in [1.165, 1.54) is 0 Å². The topological polar surface area (TPSA) is 85.8 Å². The first kappa shape index (κ1) is 29.1. The number of pyridine rings is 1. The van der Waals surface area contributed by atoms with Crippen molar-refractivity contribution in [3.8, 4) is 0 Å². The third-order valence-electron chi connectivity index (χ3n) is 9.75. The number of benzene rings is 2. The van der Waals surface area contributed by atoms with E-state index in [9.17, 15) is 14.4 Å². The summed E-state index contributed by atoms with van der Waals surface area (Å²) in [6.45, 7) is 8.40. The SMILES string of the molecule is Cc1cccc(C)c1C(=O)N1CC2CN(CCC(NC(=O)[C@H]3CC(=O)N(C)[C@@H]3c3cccnc3)c3ccccc3)C[C@H]2C1. The van der Waals surface area contributed by atoms with Gasteiger partial charge in [-0.15, -0.1) is 0 Å². The maximum absolute atomic E-state index is 13.8. The normalized spacial score (nSPS) is 24.3. The van der Waals surface area contributed by atoms with Crippen molar-refractivity contribution in [3.63, 3.8) is 0 Å². The molecular formula is C35H41N5O3. The zero-order valence-electron chi connectivity index (χ0n) is 25.3. The number of carbonyl (C=O) groups is 3. The van der Waals surface area contributed by atoms with Gasteiger partial charge in [-0.1, -0.05) is 54.6 Å². The number of aryl methyl sites for hydroxylation is 2. The van der Waals surface area contributed by atoms with Crippen molar-refractivity contribution in [2.75, 3.05) is 39.8 Å². The molecule has 0 spiro atoms. The summed E-state index contributed by atoms with van der Waals surface area (Å²) < 4.78 is 0. The highest BCUT2D eigenvalue weighted by molar-refractivity contribution is 5.97. The Morgan fingerprint density at radius 3 is 2.28 bits per heavy atom. The summed E-state index contributed by atoms with van der Waals surface area (Å²) in [5, 5.41) is 3.32. The Morgan fingerprint density at radius 1 is 0.930 bits per heavy atom. The van der Waals surface area contributed by atoms with Crippen LogP contribution in [0.4, 0.5) is 0 Å². The van der Waals surface area contributed by atoms with Crippen molar-refractivity contribution in [2.24, 2.45) is 17.8 Å². The molecule has 3 amide bonds. The lowest BCUT2D eigenvalue weighted by molar-refractivity contribution is -0.128. The van der Waals surface area contributed by atoms with E-state index < -0.39 is 5.92 Å². The summed E-state index contributed by atoms with van der Waals surface area (Å²) in [6.07, 6.45) is 4.41. The average Bonchev–Trinajstić information content (AvgIpc) is 3.67. The minimum absolute atomic E-state index is 0.0287. The Kier molecular flexibility index (Phi) is 8.30. The van der Waals surface area contributed by atoms with Crippen LogP contribution in [-0.2, 0) is 9.59 Å². The molecule has 0 radical (unpaired) electrons. The van der Waals surface area contributed by atoms with Crippen molar-refractivity contribution >= 4 is 17.7 Å². The molecule has 5 atom stereocenters. The third-order valence-corrected chi connectivity index (χ3v) is 9.75. The molecule has 0 aliphatic carbocycles. The standard InChI is InChI=1S/C35H41N5O3/c1-23-9-7-10-24(2)32(23)35(43)40-21-27-19-39(20-28(27)22-40)16-14-30(25-11-5-4-6-12-25)37-34(42)29-17-31(41)38(3)33(29)26-13-8-15-36-18-26/h4-13,15,18,27-30,33H,14,16-17,19-22H2,1-3H3,(H,37,42)/t27-,28?,29-,30?,33+/m0/s1. The van der Waals surface area contributed by atoms with Crippen molar-refractivity contribution in [1.29, 1.82) is 0 Å². The van der Waals surface area contributed by atoms with Gasteiger partial charge in [0.1, 0.15) is 0 Å². The van der Waals surface area contributed by atoms with Gasteiger partial charge in [0.25, 0.3) is 5.91 Å². The van der Waals surface area contributed by atoms with Crippen LogP contribution in [0.2, 0.25) is 0 Å². The minimum atomic E-state index is -0.473. The fraction of sp³-hybridized carbons (Fsp3) is 0.429. The molecule has 224 valence electrons. The van der Waals surface area contributed by atoms with Gasteiger partial charge in [-0.3, -0.25) is 19.4 Å². The van der Waals surface area contributed by atoms with E-state index in [4.69, 9.17) is 0 Å². The number of rotatable bonds is 8. The number of carbonyl (C=O) groups excluding carboxylic acids is 3. The lowest BCUT2D eigenvalue weighted by Gasteiger charge is -2.28. The number of likely N-dealkylation sites (tertiary alicyclic amines) is 3. The fourth-order valence-corrected chi connectivity index (χ4v) is 7.46. The fourth-order valence-electron chi connectivity index (χ4n) is 7.46. The van der Waals surface area contributed by atoms with Gasteiger partial charge in [0.05, 0.1) is 18.0 Å². The lowest BCUT2D eigenvalue weighted by atomic mass is 9.93. The lowest BCUT2D eigenvalue weighted by Crippen LogP contribution is -2.38. The highest BCUT2D eigenvalue weighted by Gasteiger charge is 2.44. The summed E-state index contributed by atoms with van der Waals surface area (Å²) >= 11 is 0. The van der Waals surface area contributed by atoms with Gasteiger partial charge >= 0.3 is 0 Å². The molecule has 3 fully saturated rings. The van der Waals surface area contributed by atoms with Crippen molar-refractivity contribution in [2.45, 2.75) is 38.8 Å². The largest absolute Gasteiger partial charge is 0.349 e. The first-order chi connectivity index (χ1) is 20.8. The zero-order chi connectivity index (χ0) is 30.1. The molecule has 6 rings (SSSR count). The highest BCUT2D eigenvalue weighted by Crippen LogP contribution is 2.38. The van der Waals surface area contributed by atoms with Crippen LogP contribution in [0.1, 0.15) is 57.5 Å². The van der Waals surface area contributed by atoms with Crippen LogP contribution < -0.4 is 5.32 Å². The van der Waals surface area contributed by atoms with Crippen molar-refractivity contribution in [3.05, 3.63) is 101 Å². The molecule has 8 heteroatoms. The third kappa shape index (κ3) is 5.93. The van der Waals surface area contributed by atoms with Crippen molar-refractivity contribution < 1.29 is 14.4 Å². The molecule has 43 heavy (non-hydrogen) atoms. The van der Waals surface area contributed by atoms with Gasteiger partial charge in [0.15, 0.2) is 0 Å². The van der Waals surface area contributed by atoms with Gasteiger partial charge in [-0.25, -0.2) is 0 Å². The number of fused-ring (bicyclic) bond motifs is 1. The zero-order valence-corrected chi connectivity index (χ0v) is 25.3. The van der Waals surface area contributed by atoms with Crippen LogP contribution in [0.5, 0.6) is 0 Å². The molecule has 2 aromatic carbocycles. The molecular weight excluding hydrogens is 538 g/mol. The molecule has 3 aliphatic rings.